The van der Waals surface area contributed by atoms with E-state index in [1.807, 2.05) is 65.2 Å². The molecule has 1 aliphatic rings. The first-order valence-electron chi connectivity index (χ1n) is 13.6. The number of carbonyl (C=O) groups excluding carboxylic acids is 1. The van der Waals surface area contributed by atoms with Crippen molar-refractivity contribution in [2.24, 2.45) is 5.73 Å². The lowest BCUT2D eigenvalue weighted by Gasteiger charge is -2.34. The fourth-order valence-corrected chi connectivity index (χ4v) is 5.71. The van der Waals surface area contributed by atoms with E-state index in [-0.39, 0.29) is 24.1 Å². The number of benzene rings is 2. The number of pyridine rings is 1. The molecular weight excluding hydrogens is 502 g/mol. The molecule has 1 saturated heterocycles. The maximum absolute atomic E-state index is 14.3. The lowest BCUT2D eigenvalue weighted by Crippen LogP contribution is -2.44. The fraction of sp³-hybridized carbons (Fsp3) is 0.290. The number of hydrogen-bond donors (Lipinski definition) is 1. The number of nitrogens with two attached hydrogens (primary N) is 1. The monoisotopic (exact) mass is 535 g/mol. The predicted octanol–water partition coefficient (Wildman–Crippen LogP) is 3.47. The Balaban J connectivity index is 1.59. The summed E-state index contributed by atoms with van der Waals surface area (Å²) in [6, 6.07) is 19.9. The molecule has 1 amide bonds. The van der Waals surface area contributed by atoms with Crippen LogP contribution in [0.5, 0.6) is 0 Å². The number of hydrogen-bond acceptors (Lipinski definition) is 6. The molecule has 0 unspecified atom stereocenters. The van der Waals surface area contributed by atoms with Crippen LogP contribution in [0.1, 0.15) is 34.5 Å². The van der Waals surface area contributed by atoms with Gasteiger partial charge in [0.2, 0.25) is 0 Å². The number of amides is 1. The van der Waals surface area contributed by atoms with E-state index >= 15 is 0 Å². The smallest absolute Gasteiger partial charge is 0.278 e. The number of fused-ring (bicyclic) bond motifs is 2. The van der Waals surface area contributed by atoms with Crippen molar-refractivity contribution >= 4 is 33.5 Å². The van der Waals surface area contributed by atoms with Gasteiger partial charge in [0, 0.05) is 51.4 Å². The minimum Gasteiger partial charge on any atom is -0.356 e. The molecule has 0 saturated carbocycles. The first kappa shape index (κ1) is 25.8. The van der Waals surface area contributed by atoms with Gasteiger partial charge in [0.1, 0.15) is 22.4 Å². The van der Waals surface area contributed by atoms with E-state index in [0.29, 0.717) is 35.5 Å². The molecule has 4 heterocycles. The molecule has 1 fully saturated rings. The van der Waals surface area contributed by atoms with Gasteiger partial charge in [0.05, 0.1) is 18.6 Å². The van der Waals surface area contributed by atoms with Crippen molar-refractivity contribution in [3.8, 4) is 0 Å². The van der Waals surface area contributed by atoms with Crippen LogP contribution in [0, 0.1) is 0 Å². The summed E-state index contributed by atoms with van der Waals surface area (Å²) in [7, 11) is 3.45. The van der Waals surface area contributed by atoms with Gasteiger partial charge in [-0.25, -0.2) is 4.98 Å². The Kier molecular flexibility index (Phi) is 6.81. The zero-order valence-electron chi connectivity index (χ0n) is 22.8. The Morgan fingerprint density at radius 2 is 1.80 bits per heavy atom. The number of aromatic nitrogens is 4. The number of piperidine rings is 1. The third-order valence-corrected chi connectivity index (χ3v) is 7.64. The highest BCUT2D eigenvalue weighted by Gasteiger charge is 2.32. The van der Waals surface area contributed by atoms with Crippen LogP contribution >= 0.6 is 0 Å². The molecule has 2 N–H and O–H groups in total. The van der Waals surface area contributed by atoms with E-state index in [0.717, 1.165) is 41.4 Å². The normalized spacial score (nSPS) is 15.6. The van der Waals surface area contributed by atoms with Gasteiger partial charge >= 0.3 is 0 Å². The van der Waals surface area contributed by atoms with Gasteiger partial charge in [0.25, 0.3) is 11.5 Å². The molecule has 9 nitrogen and oxygen atoms in total. The van der Waals surface area contributed by atoms with Crippen LogP contribution < -0.4 is 16.2 Å². The van der Waals surface area contributed by atoms with Gasteiger partial charge in [-0.2, -0.15) is 0 Å². The molecule has 204 valence electrons. The Bertz CT molecular complexity index is 1750. The average molecular weight is 536 g/mol. The van der Waals surface area contributed by atoms with Crippen molar-refractivity contribution in [2.45, 2.75) is 32.0 Å². The first-order chi connectivity index (χ1) is 19.4. The second kappa shape index (κ2) is 10.6. The van der Waals surface area contributed by atoms with Gasteiger partial charge in [-0.3, -0.25) is 19.1 Å². The van der Waals surface area contributed by atoms with E-state index in [1.54, 1.807) is 36.1 Å². The second-order valence-electron chi connectivity index (χ2n) is 10.7. The molecule has 1 atom stereocenters. The number of carbonyl (C=O) groups is 1. The van der Waals surface area contributed by atoms with Gasteiger partial charge in [-0.15, -0.1) is 0 Å². The zero-order chi connectivity index (χ0) is 27.8. The van der Waals surface area contributed by atoms with Crippen molar-refractivity contribution in [3.05, 3.63) is 100 Å². The molecule has 40 heavy (non-hydrogen) atoms. The quantitative estimate of drug-likeness (QED) is 0.357. The van der Waals surface area contributed by atoms with E-state index < -0.39 is 0 Å². The summed E-state index contributed by atoms with van der Waals surface area (Å²) < 4.78 is 3.57. The molecule has 6 rings (SSSR count). The summed E-state index contributed by atoms with van der Waals surface area (Å²) in [4.78, 5) is 41.1. The van der Waals surface area contributed by atoms with Crippen molar-refractivity contribution in [2.75, 3.05) is 32.1 Å². The molecular formula is C31H33N7O2. The predicted molar refractivity (Wildman–Crippen MR) is 158 cm³/mol. The number of anilines is 1. The minimum atomic E-state index is -0.212. The molecule has 2 aromatic carbocycles. The SMILES string of the molecule is CN(C)C(=O)c1c(N2CCC[C@H](N)C2)n(Cc2ccccc2)c2c(=O)n(Cc3nccc4ccccc34)cnc12. The molecule has 0 spiro atoms. The second-order valence-corrected chi connectivity index (χ2v) is 10.7. The molecule has 1 aliphatic heterocycles. The fourth-order valence-electron chi connectivity index (χ4n) is 5.71. The van der Waals surface area contributed by atoms with Gasteiger partial charge in [-0.1, -0.05) is 54.6 Å². The Morgan fingerprint density at radius 1 is 1.02 bits per heavy atom. The number of nitrogens with zero attached hydrogens (tertiary/aromatic N) is 6. The standard InChI is InChI=1S/C31H33N7O2/c1-35(2)30(39)26-27-28(31(40)37(20-34-27)19-25-24-13-7-6-11-22(24)14-15-33-25)38(17-21-9-4-3-5-10-21)29(26)36-16-8-12-23(32)18-36/h3-7,9-11,13-15,20,23H,8,12,16-19,32H2,1-2H3/t23-/m0/s1. The summed E-state index contributed by atoms with van der Waals surface area (Å²) >= 11 is 0. The van der Waals surface area contributed by atoms with Crippen LogP contribution in [0.2, 0.25) is 0 Å². The van der Waals surface area contributed by atoms with E-state index in [9.17, 15) is 9.59 Å². The Labute approximate surface area is 232 Å². The van der Waals surface area contributed by atoms with E-state index in [1.165, 1.54) is 0 Å². The highest BCUT2D eigenvalue weighted by molar-refractivity contribution is 6.10. The lowest BCUT2D eigenvalue weighted by atomic mass is 10.1. The maximum atomic E-state index is 14.3. The van der Waals surface area contributed by atoms with Gasteiger partial charge in [0.15, 0.2) is 0 Å². The number of rotatable bonds is 6. The Hall–Kier alpha value is -4.50. The van der Waals surface area contributed by atoms with Crippen molar-refractivity contribution in [1.82, 2.24) is 24.0 Å². The van der Waals surface area contributed by atoms with Gasteiger partial charge in [-0.05, 0) is 29.9 Å². The molecule has 9 heteroatoms. The summed E-state index contributed by atoms with van der Waals surface area (Å²) in [5.41, 5.74) is 9.26. The summed E-state index contributed by atoms with van der Waals surface area (Å²) in [6.45, 7) is 2.04. The third kappa shape index (κ3) is 4.62. The topological polar surface area (TPSA) is 102 Å². The lowest BCUT2D eigenvalue weighted by molar-refractivity contribution is 0.0829. The minimum absolute atomic E-state index is 0.0127. The summed E-state index contributed by atoms with van der Waals surface area (Å²) in [5.74, 6) is 0.518. The van der Waals surface area contributed by atoms with Crippen LogP contribution in [0.3, 0.4) is 0 Å². The molecule has 5 aromatic rings. The largest absolute Gasteiger partial charge is 0.356 e. The van der Waals surface area contributed by atoms with Crippen LogP contribution in [0.15, 0.2) is 78.0 Å². The van der Waals surface area contributed by atoms with Crippen LogP contribution in [0.4, 0.5) is 5.82 Å². The van der Waals surface area contributed by atoms with E-state index in [4.69, 9.17) is 10.7 Å². The average Bonchev–Trinajstić information content (AvgIpc) is 3.29. The molecule has 0 radical (unpaired) electrons. The summed E-state index contributed by atoms with van der Waals surface area (Å²) in [6.07, 6.45) is 5.14. The van der Waals surface area contributed by atoms with Crippen LogP contribution in [-0.2, 0) is 13.1 Å². The molecule has 3 aromatic heterocycles. The first-order valence-corrected chi connectivity index (χ1v) is 13.6. The van der Waals surface area contributed by atoms with Gasteiger partial charge < -0.3 is 20.1 Å². The third-order valence-electron chi connectivity index (χ3n) is 7.64. The maximum Gasteiger partial charge on any atom is 0.278 e. The molecule has 0 aliphatic carbocycles. The van der Waals surface area contributed by atoms with Crippen molar-refractivity contribution in [1.29, 1.82) is 0 Å². The zero-order valence-corrected chi connectivity index (χ0v) is 22.8. The highest BCUT2D eigenvalue weighted by atomic mass is 16.2. The van der Waals surface area contributed by atoms with Crippen LogP contribution in [0.25, 0.3) is 21.8 Å². The van der Waals surface area contributed by atoms with Crippen molar-refractivity contribution < 1.29 is 4.79 Å². The summed E-state index contributed by atoms with van der Waals surface area (Å²) in [5, 5.41) is 2.05. The highest BCUT2D eigenvalue weighted by Crippen LogP contribution is 2.34. The molecule has 0 bridgehead atoms. The van der Waals surface area contributed by atoms with Crippen molar-refractivity contribution in [3.63, 3.8) is 0 Å². The van der Waals surface area contributed by atoms with E-state index in [2.05, 4.69) is 9.88 Å². The Morgan fingerprint density at radius 3 is 2.58 bits per heavy atom. The van der Waals surface area contributed by atoms with Crippen LogP contribution in [-0.4, -0.2) is 63.1 Å².